The molecule has 0 aliphatic heterocycles. The molecule has 8 nitrogen and oxygen atoms in total. The van der Waals surface area contributed by atoms with Gasteiger partial charge in [-0.15, -0.1) is 0 Å². The Balaban J connectivity index is 1.91. The number of nitro benzene ring substituents is 1. The van der Waals surface area contributed by atoms with Crippen molar-refractivity contribution in [2.24, 2.45) is 0 Å². The molecule has 34 heavy (non-hydrogen) atoms. The van der Waals surface area contributed by atoms with E-state index < -0.39 is 51.5 Å². The van der Waals surface area contributed by atoms with Gasteiger partial charge in [0.05, 0.1) is 15.5 Å². The second-order valence-corrected chi connectivity index (χ2v) is 6.92. The monoisotopic (exact) mass is 501 g/mol. The number of rotatable bonds is 8. The number of carbonyl (C=O) groups is 1. The van der Waals surface area contributed by atoms with Crippen molar-refractivity contribution < 1.29 is 46.6 Å². The summed E-state index contributed by atoms with van der Waals surface area (Å²) in [6.07, 6.45) is -4.83. The van der Waals surface area contributed by atoms with Gasteiger partial charge in [0.25, 0.3) is 0 Å². The fourth-order valence-electron chi connectivity index (χ4n) is 2.63. The Kier molecular flexibility index (Phi) is 7.11. The normalized spacial score (nSPS) is 11.1. The molecule has 0 atom stereocenters. The standard InChI is InChI=1S/C21H12ClF4NO7/c22-15-6-11(21(24,25)26)7-16(23)20(15)34-14-4-5-17(27(30)31)18(9-14)33-13-3-1-2-12(8-13)32-10-19(28)29/h1-9H,10H2,(H,28,29). The highest BCUT2D eigenvalue weighted by atomic mass is 35.5. The maximum Gasteiger partial charge on any atom is 0.416 e. The zero-order valence-corrected chi connectivity index (χ0v) is 17.4. The van der Waals surface area contributed by atoms with Crippen LogP contribution in [0.25, 0.3) is 0 Å². The number of carboxylic acid groups (broad SMARTS) is 1. The summed E-state index contributed by atoms with van der Waals surface area (Å²) in [5.41, 5.74) is -1.83. The molecule has 0 bridgehead atoms. The van der Waals surface area contributed by atoms with Crippen molar-refractivity contribution in [3.05, 3.63) is 81.1 Å². The van der Waals surface area contributed by atoms with Gasteiger partial charge in [0.15, 0.2) is 18.2 Å². The topological polar surface area (TPSA) is 108 Å². The number of halogens is 5. The van der Waals surface area contributed by atoms with Crippen molar-refractivity contribution >= 4 is 23.3 Å². The first kappa shape index (κ1) is 24.6. The number of alkyl halides is 3. The van der Waals surface area contributed by atoms with E-state index in [1.54, 1.807) is 0 Å². The maximum atomic E-state index is 14.3. The van der Waals surface area contributed by atoms with Crippen molar-refractivity contribution in [2.45, 2.75) is 6.18 Å². The van der Waals surface area contributed by atoms with E-state index >= 15 is 0 Å². The van der Waals surface area contributed by atoms with Crippen molar-refractivity contribution in [1.82, 2.24) is 0 Å². The zero-order valence-electron chi connectivity index (χ0n) is 16.6. The summed E-state index contributed by atoms with van der Waals surface area (Å²) in [5.74, 6) is -3.79. The van der Waals surface area contributed by atoms with E-state index in [1.165, 1.54) is 24.3 Å². The Hall–Kier alpha value is -4.06. The average Bonchev–Trinajstić information content (AvgIpc) is 2.74. The van der Waals surface area contributed by atoms with Gasteiger partial charge >= 0.3 is 17.8 Å². The van der Waals surface area contributed by atoms with Crippen LogP contribution in [0.15, 0.2) is 54.6 Å². The molecule has 0 aromatic heterocycles. The largest absolute Gasteiger partial charge is 0.482 e. The minimum Gasteiger partial charge on any atom is -0.482 e. The van der Waals surface area contributed by atoms with E-state index in [1.807, 2.05) is 0 Å². The van der Waals surface area contributed by atoms with Gasteiger partial charge in [-0.3, -0.25) is 10.1 Å². The Morgan fingerprint density at radius 3 is 2.32 bits per heavy atom. The summed E-state index contributed by atoms with van der Waals surface area (Å²) in [5, 5.41) is 19.4. The smallest absolute Gasteiger partial charge is 0.416 e. The van der Waals surface area contributed by atoms with Crippen LogP contribution in [0.2, 0.25) is 5.02 Å². The number of hydrogen-bond acceptors (Lipinski definition) is 6. The summed E-state index contributed by atoms with van der Waals surface area (Å²) in [7, 11) is 0. The minimum atomic E-state index is -4.83. The molecule has 0 aliphatic rings. The van der Waals surface area contributed by atoms with Crippen LogP contribution < -0.4 is 14.2 Å². The minimum absolute atomic E-state index is 0.0295. The molecule has 0 aliphatic carbocycles. The van der Waals surface area contributed by atoms with Crippen molar-refractivity contribution in [2.75, 3.05) is 6.61 Å². The van der Waals surface area contributed by atoms with E-state index in [4.69, 9.17) is 30.9 Å². The van der Waals surface area contributed by atoms with Crippen LogP contribution in [0.4, 0.5) is 23.2 Å². The van der Waals surface area contributed by atoms with Gasteiger partial charge in [-0.05, 0) is 30.3 Å². The van der Waals surface area contributed by atoms with E-state index in [2.05, 4.69) is 0 Å². The molecule has 178 valence electrons. The quantitative estimate of drug-likeness (QED) is 0.214. The first-order valence-electron chi connectivity index (χ1n) is 9.09. The number of aliphatic carboxylic acids is 1. The summed E-state index contributed by atoms with van der Waals surface area (Å²) in [6, 6.07) is 9.28. The number of ether oxygens (including phenoxy) is 3. The Morgan fingerprint density at radius 1 is 1.03 bits per heavy atom. The molecule has 3 aromatic rings. The van der Waals surface area contributed by atoms with Crippen molar-refractivity contribution in [3.8, 4) is 28.7 Å². The highest BCUT2D eigenvalue weighted by Crippen LogP contribution is 2.41. The summed E-state index contributed by atoms with van der Waals surface area (Å²) < 4.78 is 68.5. The molecular formula is C21H12ClF4NO7. The maximum absolute atomic E-state index is 14.3. The lowest BCUT2D eigenvalue weighted by Crippen LogP contribution is -2.09. The van der Waals surface area contributed by atoms with Crippen LogP contribution in [0.3, 0.4) is 0 Å². The molecule has 1 N–H and O–H groups in total. The molecule has 3 rings (SSSR count). The molecule has 0 spiro atoms. The third kappa shape index (κ3) is 6.04. The zero-order chi connectivity index (χ0) is 25.0. The molecule has 13 heteroatoms. The van der Waals surface area contributed by atoms with Gasteiger partial charge in [0.2, 0.25) is 5.75 Å². The lowest BCUT2D eigenvalue weighted by Gasteiger charge is -2.13. The lowest BCUT2D eigenvalue weighted by atomic mass is 10.2. The highest BCUT2D eigenvalue weighted by Gasteiger charge is 2.33. The molecule has 0 amide bonds. The number of carboxylic acids is 1. The molecule has 0 radical (unpaired) electrons. The molecule has 3 aromatic carbocycles. The molecule has 0 saturated carbocycles. The Bertz CT molecular complexity index is 1230. The van der Waals surface area contributed by atoms with Gasteiger partial charge in [-0.1, -0.05) is 17.7 Å². The van der Waals surface area contributed by atoms with Gasteiger partial charge in [0.1, 0.15) is 17.2 Å². The van der Waals surface area contributed by atoms with Crippen LogP contribution in [0.1, 0.15) is 5.56 Å². The third-order valence-electron chi connectivity index (χ3n) is 4.07. The predicted octanol–water partition coefficient (Wildman–Crippen LogP) is 6.45. The van der Waals surface area contributed by atoms with Gasteiger partial charge < -0.3 is 19.3 Å². The SMILES string of the molecule is O=C(O)COc1cccc(Oc2cc(Oc3c(F)cc(C(F)(F)F)cc3Cl)ccc2[N+](=O)[O-])c1. The molecular weight excluding hydrogens is 490 g/mol. The van der Waals surface area contributed by atoms with Crippen LogP contribution in [-0.4, -0.2) is 22.6 Å². The second-order valence-electron chi connectivity index (χ2n) is 6.51. The van der Waals surface area contributed by atoms with Crippen LogP contribution in [0, 0.1) is 15.9 Å². The number of nitro groups is 1. The molecule has 0 saturated heterocycles. The van der Waals surface area contributed by atoms with Gasteiger partial charge in [-0.2, -0.15) is 13.2 Å². The second kappa shape index (κ2) is 9.83. The molecule has 0 unspecified atom stereocenters. The van der Waals surface area contributed by atoms with E-state index in [0.29, 0.717) is 6.07 Å². The third-order valence-corrected chi connectivity index (χ3v) is 4.35. The van der Waals surface area contributed by atoms with Crippen LogP contribution in [0.5, 0.6) is 28.7 Å². The van der Waals surface area contributed by atoms with Crippen molar-refractivity contribution in [1.29, 1.82) is 0 Å². The Morgan fingerprint density at radius 2 is 1.71 bits per heavy atom. The Labute approximate surface area is 193 Å². The molecule has 0 heterocycles. The lowest BCUT2D eigenvalue weighted by molar-refractivity contribution is -0.385. The van der Waals surface area contributed by atoms with Gasteiger partial charge in [-0.25, -0.2) is 9.18 Å². The van der Waals surface area contributed by atoms with E-state index in [-0.39, 0.29) is 29.1 Å². The first-order chi connectivity index (χ1) is 15.9. The average molecular weight is 502 g/mol. The summed E-state index contributed by atoms with van der Waals surface area (Å²) in [4.78, 5) is 21.2. The number of benzene rings is 3. The first-order valence-corrected chi connectivity index (χ1v) is 9.47. The van der Waals surface area contributed by atoms with E-state index in [9.17, 15) is 32.5 Å². The predicted molar refractivity (Wildman–Crippen MR) is 109 cm³/mol. The number of nitrogens with zero attached hydrogens (tertiary/aromatic N) is 1. The van der Waals surface area contributed by atoms with Crippen LogP contribution >= 0.6 is 11.6 Å². The number of hydrogen-bond donors (Lipinski definition) is 1. The van der Waals surface area contributed by atoms with Crippen molar-refractivity contribution in [3.63, 3.8) is 0 Å². The summed E-state index contributed by atoms with van der Waals surface area (Å²) in [6.45, 7) is -0.633. The summed E-state index contributed by atoms with van der Waals surface area (Å²) >= 11 is 5.75. The van der Waals surface area contributed by atoms with Crippen LogP contribution in [-0.2, 0) is 11.0 Å². The fourth-order valence-corrected chi connectivity index (χ4v) is 2.88. The highest BCUT2D eigenvalue weighted by molar-refractivity contribution is 6.32. The molecule has 0 fully saturated rings. The fraction of sp³-hybridized carbons (Fsp3) is 0.0952. The van der Waals surface area contributed by atoms with Gasteiger partial charge in [0, 0.05) is 18.2 Å². The van der Waals surface area contributed by atoms with E-state index in [0.717, 1.165) is 18.2 Å².